The Kier molecular flexibility index (Phi) is 2.50. The first-order valence-corrected chi connectivity index (χ1v) is 6.51. The molecule has 4 rings (SSSR count). The number of benzene rings is 2. The maximum atomic E-state index is 12.4. The summed E-state index contributed by atoms with van der Waals surface area (Å²) in [4.78, 5) is 12.4. The minimum atomic E-state index is -0.0149. The number of fused-ring (bicyclic) bond motifs is 2. The van der Waals surface area contributed by atoms with Crippen LogP contribution in [0.3, 0.4) is 0 Å². The van der Waals surface area contributed by atoms with Crippen LogP contribution >= 0.6 is 0 Å². The summed E-state index contributed by atoms with van der Waals surface area (Å²) in [5.41, 5.74) is 1.12. The third kappa shape index (κ3) is 1.94. The number of para-hydroxylation sites is 1. The van der Waals surface area contributed by atoms with Crippen LogP contribution in [0.4, 0.5) is 0 Å². The number of hydrogen-bond acceptors (Lipinski definition) is 4. The lowest BCUT2D eigenvalue weighted by atomic mass is 10.1. The second-order valence-corrected chi connectivity index (χ2v) is 4.85. The third-order valence-electron chi connectivity index (χ3n) is 3.39. The average Bonchev–Trinajstić information content (AvgIpc) is 3.29. The second-order valence-electron chi connectivity index (χ2n) is 4.85. The van der Waals surface area contributed by atoms with Crippen molar-refractivity contribution in [2.45, 2.75) is 6.10 Å². The summed E-state index contributed by atoms with van der Waals surface area (Å²) < 4.78 is 16.5. The quantitative estimate of drug-likeness (QED) is 0.541. The average molecular weight is 268 g/mol. The highest BCUT2D eigenvalue weighted by Gasteiger charge is 2.23. The van der Waals surface area contributed by atoms with E-state index in [4.69, 9.17) is 13.9 Å². The van der Waals surface area contributed by atoms with Crippen LogP contribution < -0.4 is 10.2 Å². The lowest BCUT2D eigenvalue weighted by molar-refractivity contribution is 0.263. The first kappa shape index (κ1) is 11.5. The fraction of sp³-hybridized carbons (Fsp3) is 0.188. The van der Waals surface area contributed by atoms with Gasteiger partial charge in [-0.3, -0.25) is 4.79 Å². The molecule has 0 N–H and O–H groups in total. The maximum absolute atomic E-state index is 12.4. The van der Waals surface area contributed by atoms with Gasteiger partial charge in [0.2, 0.25) is 5.43 Å². The molecule has 3 aromatic rings. The summed E-state index contributed by atoms with van der Waals surface area (Å²) in [6, 6.07) is 12.5. The minimum absolute atomic E-state index is 0.0149. The van der Waals surface area contributed by atoms with Crippen LogP contribution in [-0.4, -0.2) is 19.3 Å². The van der Waals surface area contributed by atoms with Gasteiger partial charge in [0.25, 0.3) is 0 Å². The summed E-state index contributed by atoms with van der Waals surface area (Å²) in [5, 5.41) is 1.17. The number of hydrogen-bond donors (Lipinski definition) is 0. The number of epoxide rings is 1. The third-order valence-corrected chi connectivity index (χ3v) is 3.39. The van der Waals surface area contributed by atoms with Crippen molar-refractivity contribution in [3.63, 3.8) is 0 Å². The SMILES string of the molecule is O=c1c2ccccc2oc2cc(OCC3CO3)ccc12. The van der Waals surface area contributed by atoms with Gasteiger partial charge < -0.3 is 13.9 Å². The zero-order valence-corrected chi connectivity index (χ0v) is 10.7. The van der Waals surface area contributed by atoms with E-state index >= 15 is 0 Å². The Balaban J connectivity index is 1.84. The van der Waals surface area contributed by atoms with Crippen molar-refractivity contribution in [3.05, 3.63) is 52.7 Å². The largest absolute Gasteiger partial charge is 0.491 e. The molecule has 2 heterocycles. The highest BCUT2D eigenvalue weighted by atomic mass is 16.6. The molecular weight excluding hydrogens is 256 g/mol. The molecule has 0 radical (unpaired) electrons. The molecule has 0 aliphatic carbocycles. The molecule has 2 aromatic carbocycles. The van der Waals surface area contributed by atoms with Gasteiger partial charge in [-0.25, -0.2) is 0 Å². The van der Waals surface area contributed by atoms with Crippen molar-refractivity contribution >= 4 is 21.9 Å². The van der Waals surface area contributed by atoms with Crippen molar-refractivity contribution in [1.82, 2.24) is 0 Å². The van der Waals surface area contributed by atoms with Gasteiger partial charge >= 0.3 is 0 Å². The summed E-state index contributed by atoms with van der Waals surface area (Å²) in [6.07, 6.45) is 0.203. The van der Waals surface area contributed by atoms with E-state index in [1.807, 2.05) is 12.1 Å². The molecule has 0 spiro atoms. The lowest BCUT2D eigenvalue weighted by Gasteiger charge is -2.06. The fourth-order valence-electron chi connectivity index (χ4n) is 2.22. The van der Waals surface area contributed by atoms with Crippen LogP contribution in [0.25, 0.3) is 21.9 Å². The van der Waals surface area contributed by atoms with E-state index in [2.05, 4.69) is 0 Å². The van der Waals surface area contributed by atoms with Crippen LogP contribution in [0.5, 0.6) is 5.75 Å². The van der Waals surface area contributed by atoms with E-state index in [1.54, 1.807) is 30.3 Å². The Labute approximate surface area is 114 Å². The smallest absolute Gasteiger partial charge is 0.200 e. The van der Waals surface area contributed by atoms with E-state index in [9.17, 15) is 4.79 Å². The molecule has 0 bridgehead atoms. The van der Waals surface area contributed by atoms with Gasteiger partial charge in [0.05, 0.1) is 17.4 Å². The highest BCUT2D eigenvalue weighted by Crippen LogP contribution is 2.23. The van der Waals surface area contributed by atoms with Gasteiger partial charge in [0.1, 0.15) is 29.6 Å². The molecule has 1 atom stereocenters. The zero-order valence-electron chi connectivity index (χ0n) is 10.7. The van der Waals surface area contributed by atoms with Crippen LogP contribution in [-0.2, 0) is 4.74 Å². The molecule has 1 saturated heterocycles. The molecule has 20 heavy (non-hydrogen) atoms. The first-order valence-electron chi connectivity index (χ1n) is 6.51. The first-order chi connectivity index (χ1) is 9.81. The van der Waals surface area contributed by atoms with Crippen molar-refractivity contribution in [2.24, 2.45) is 0 Å². The molecule has 1 aliphatic heterocycles. The van der Waals surface area contributed by atoms with E-state index < -0.39 is 0 Å². The Bertz CT molecular complexity index is 846. The topological polar surface area (TPSA) is 52.0 Å². The van der Waals surface area contributed by atoms with Gasteiger partial charge in [0.15, 0.2) is 0 Å². The van der Waals surface area contributed by atoms with Crippen molar-refractivity contribution < 1.29 is 13.9 Å². The highest BCUT2D eigenvalue weighted by molar-refractivity contribution is 5.90. The Morgan fingerprint density at radius 3 is 2.75 bits per heavy atom. The Morgan fingerprint density at radius 2 is 1.90 bits per heavy atom. The van der Waals surface area contributed by atoms with Gasteiger partial charge in [-0.05, 0) is 24.3 Å². The molecule has 1 fully saturated rings. The molecular formula is C16H12O4. The van der Waals surface area contributed by atoms with Gasteiger partial charge in [-0.1, -0.05) is 12.1 Å². The molecule has 1 unspecified atom stereocenters. The predicted octanol–water partition coefficient (Wildman–Crippen LogP) is 2.72. The van der Waals surface area contributed by atoms with E-state index in [0.717, 1.165) is 6.61 Å². The monoisotopic (exact) mass is 268 g/mol. The van der Waals surface area contributed by atoms with Crippen molar-refractivity contribution in [2.75, 3.05) is 13.2 Å². The number of rotatable bonds is 3. The molecule has 1 aromatic heterocycles. The summed E-state index contributed by atoms with van der Waals surface area (Å²) in [7, 11) is 0. The maximum Gasteiger partial charge on any atom is 0.200 e. The summed E-state index contributed by atoms with van der Waals surface area (Å²) in [5.74, 6) is 0.687. The van der Waals surface area contributed by atoms with Crippen molar-refractivity contribution in [1.29, 1.82) is 0 Å². The van der Waals surface area contributed by atoms with Crippen LogP contribution in [0, 0.1) is 0 Å². The molecule has 4 nitrogen and oxygen atoms in total. The number of ether oxygens (including phenoxy) is 2. The van der Waals surface area contributed by atoms with Crippen LogP contribution in [0.15, 0.2) is 51.7 Å². The van der Waals surface area contributed by atoms with E-state index in [0.29, 0.717) is 34.3 Å². The van der Waals surface area contributed by atoms with E-state index in [-0.39, 0.29) is 11.5 Å². The minimum Gasteiger partial charge on any atom is -0.491 e. The second kappa shape index (κ2) is 4.35. The Morgan fingerprint density at radius 1 is 1.10 bits per heavy atom. The lowest BCUT2D eigenvalue weighted by Crippen LogP contribution is -2.05. The van der Waals surface area contributed by atoms with E-state index in [1.165, 1.54) is 0 Å². The summed E-state index contributed by atoms with van der Waals surface area (Å²) in [6.45, 7) is 1.29. The van der Waals surface area contributed by atoms with Crippen LogP contribution in [0.2, 0.25) is 0 Å². The predicted molar refractivity (Wildman–Crippen MR) is 75.2 cm³/mol. The Hall–Kier alpha value is -2.33. The molecule has 0 amide bonds. The molecule has 0 saturated carbocycles. The van der Waals surface area contributed by atoms with Gasteiger partial charge in [-0.15, -0.1) is 0 Å². The molecule has 4 heteroatoms. The fourth-order valence-corrected chi connectivity index (χ4v) is 2.22. The molecule has 1 aliphatic rings. The van der Waals surface area contributed by atoms with Crippen LogP contribution in [0.1, 0.15) is 0 Å². The van der Waals surface area contributed by atoms with Crippen molar-refractivity contribution in [3.8, 4) is 5.75 Å². The van der Waals surface area contributed by atoms with Gasteiger partial charge in [-0.2, -0.15) is 0 Å². The molecule has 100 valence electrons. The normalized spacial score (nSPS) is 17.5. The summed E-state index contributed by atoms with van der Waals surface area (Å²) >= 11 is 0. The zero-order chi connectivity index (χ0) is 13.5. The standard InChI is InChI=1S/C16H12O4/c17-16-12-3-1-2-4-14(12)20-15-7-10(5-6-13(15)16)18-8-11-9-19-11/h1-7,11H,8-9H2. The van der Waals surface area contributed by atoms with Gasteiger partial charge in [0, 0.05) is 6.07 Å².